The number of rotatable bonds is 6. The lowest BCUT2D eigenvalue weighted by atomic mass is 9.97. The fourth-order valence-electron chi connectivity index (χ4n) is 3.29. The van der Waals surface area contributed by atoms with Crippen molar-refractivity contribution in [2.75, 3.05) is 19.6 Å². The molecule has 1 amide bonds. The van der Waals surface area contributed by atoms with E-state index in [0.717, 1.165) is 19.0 Å². The number of carbonyl (C=O) groups excluding carboxylic acids is 1. The highest BCUT2D eigenvalue weighted by Gasteiger charge is 2.25. The van der Waals surface area contributed by atoms with Crippen LogP contribution in [0.1, 0.15) is 51.4 Å². The third-order valence-electron chi connectivity index (χ3n) is 4.98. The second-order valence-electron chi connectivity index (χ2n) is 6.84. The molecule has 1 unspecified atom stereocenters. The van der Waals surface area contributed by atoms with Crippen molar-refractivity contribution >= 4 is 23.2 Å². The first-order chi connectivity index (χ1) is 12.5. The Labute approximate surface area is 157 Å². The Morgan fingerprint density at radius 1 is 1.19 bits per heavy atom. The second kappa shape index (κ2) is 8.47. The van der Waals surface area contributed by atoms with Crippen LogP contribution >= 0.6 is 11.3 Å². The van der Waals surface area contributed by atoms with Gasteiger partial charge in [-0.3, -0.25) is 9.69 Å². The summed E-state index contributed by atoms with van der Waals surface area (Å²) < 4.78 is 0. The number of hydrogen-bond donors (Lipinski definition) is 2. The van der Waals surface area contributed by atoms with Gasteiger partial charge in [-0.1, -0.05) is 13.0 Å². The number of aromatic carboxylic acids is 1. The van der Waals surface area contributed by atoms with Crippen LogP contribution in [0, 0.1) is 5.92 Å². The van der Waals surface area contributed by atoms with E-state index in [-0.39, 0.29) is 17.5 Å². The fraction of sp³-hybridized carbons (Fsp3) is 0.400. The van der Waals surface area contributed by atoms with Crippen LogP contribution < -0.4 is 5.32 Å². The lowest BCUT2D eigenvalue weighted by molar-refractivity contribution is 0.0696. The molecule has 0 aliphatic carbocycles. The van der Waals surface area contributed by atoms with Gasteiger partial charge in [0, 0.05) is 17.0 Å². The summed E-state index contributed by atoms with van der Waals surface area (Å²) in [6.07, 6.45) is 2.37. The molecular formula is C20H24N2O3S. The normalized spacial score (nSPS) is 17.0. The number of amides is 1. The summed E-state index contributed by atoms with van der Waals surface area (Å²) >= 11 is 1.72. The maximum atomic E-state index is 12.5. The molecule has 0 bridgehead atoms. The number of carbonyl (C=O) groups is 2. The molecule has 26 heavy (non-hydrogen) atoms. The van der Waals surface area contributed by atoms with Gasteiger partial charge in [0.25, 0.3) is 5.91 Å². The first kappa shape index (κ1) is 18.6. The summed E-state index contributed by atoms with van der Waals surface area (Å²) in [4.78, 5) is 27.1. The van der Waals surface area contributed by atoms with Crippen molar-refractivity contribution in [2.45, 2.75) is 25.8 Å². The highest BCUT2D eigenvalue weighted by Crippen LogP contribution is 2.29. The Morgan fingerprint density at radius 3 is 2.42 bits per heavy atom. The lowest BCUT2D eigenvalue weighted by Crippen LogP contribution is -2.41. The van der Waals surface area contributed by atoms with Crippen molar-refractivity contribution in [1.82, 2.24) is 10.2 Å². The Hall–Kier alpha value is -2.18. The quantitative estimate of drug-likeness (QED) is 0.812. The molecule has 5 nitrogen and oxygen atoms in total. The molecule has 0 radical (unpaired) electrons. The van der Waals surface area contributed by atoms with Crippen molar-refractivity contribution in [3.8, 4) is 0 Å². The van der Waals surface area contributed by atoms with Crippen LogP contribution in [0.15, 0.2) is 41.8 Å². The van der Waals surface area contributed by atoms with E-state index in [4.69, 9.17) is 5.11 Å². The molecule has 1 aliphatic rings. The third kappa shape index (κ3) is 4.51. The van der Waals surface area contributed by atoms with Crippen LogP contribution in [0.3, 0.4) is 0 Å². The molecule has 6 heteroatoms. The van der Waals surface area contributed by atoms with Gasteiger partial charge in [0.15, 0.2) is 0 Å². The Balaban J connectivity index is 1.65. The van der Waals surface area contributed by atoms with Gasteiger partial charge in [-0.05, 0) is 67.6 Å². The van der Waals surface area contributed by atoms with E-state index in [1.165, 1.54) is 29.9 Å². The number of hydrogen-bond acceptors (Lipinski definition) is 4. The number of carboxylic acid groups (broad SMARTS) is 1. The molecule has 3 rings (SSSR count). The topological polar surface area (TPSA) is 69.6 Å². The summed E-state index contributed by atoms with van der Waals surface area (Å²) in [6.45, 7) is 4.94. The smallest absolute Gasteiger partial charge is 0.335 e. The standard InChI is InChI=1S/C20H24N2O3S/c1-14-8-10-22(11-9-14)17(18-3-2-12-26-18)13-21-19(23)15-4-6-16(7-5-15)20(24)25/h2-7,12,14,17H,8-11,13H2,1H3,(H,21,23)(H,24,25). The van der Waals surface area contributed by atoms with Crippen molar-refractivity contribution in [2.24, 2.45) is 5.92 Å². The molecule has 1 saturated heterocycles. The van der Waals surface area contributed by atoms with Crippen LogP contribution in [0.25, 0.3) is 0 Å². The first-order valence-corrected chi connectivity index (χ1v) is 9.81. The number of nitrogens with one attached hydrogen (secondary N) is 1. The minimum absolute atomic E-state index is 0.172. The second-order valence-corrected chi connectivity index (χ2v) is 7.82. The van der Waals surface area contributed by atoms with Crippen LogP contribution in [-0.2, 0) is 0 Å². The number of thiophene rings is 1. The zero-order valence-corrected chi connectivity index (χ0v) is 15.7. The third-order valence-corrected chi connectivity index (χ3v) is 5.95. The molecule has 1 aromatic carbocycles. The molecular weight excluding hydrogens is 348 g/mol. The number of benzene rings is 1. The number of piperidine rings is 1. The van der Waals surface area contributed by atoms with Crippen LogP contribution in [0.5, 0.6) is 0 Å². The molecule has 1 atom stereocenters. The lowest BCUT2D eigenvalue weighted by Gasteiger charge is -2.36. The maximum absolute atomic E-state index is 12.5. The number of nitrogens with zero attached hydrogens (tertiary/aromatic N) is 1. The zero-order valence-electron chi connectivity index (χ0n) is 14.9. The van der Waals surface area contributed by atoms with Crippen LogP contribution in [-0.4, -0.2) is 41.5 Å². The molecule has 1 aromatic heterocycles. The molecule has 0 saturated carbocycles. The van der Waals surface area contributed by atoms with Gasteiger partial charge < -0.3 is 10.4 Å². The van der Waals surface area contributed by atoms with Crippen molar-refractivity contribution in [3.05, 3.63) is 57.8 Å². The fourth-order valence-corrected chi connectivity index (χ4v) is 4.15. The highest BCUT2D eigenvalue weighted by atomic mass is 32.1. The van der Waals surface area contributed by atoms with Gasteiger partial charge in [0.1, 0.15) is 0 Å². The van der Waals surface area contributed by atoms with E-state index in [0.29, 0.717) is 12.1 Å². The van der Waals surface area contributed by atoms with Crippen LogP contribution in [0.4, 0.5) is 0 Å². The summed E-state index contributed by atoms with van der Waals surface area (Å²) in [7, 11) is 0. The highest BCUT2D eigenvalue weighted by molar-refractivity contribution is 7.10. The summed E-state index contributed by atoms with van der Waals surface area (Å²) in [6, 6.07) is 10.4. The summed E-state index contributed by atoms with van der Waals surface area (Å²) in [5.74, 6) is -0.402. The summed E-state index contributed by atoms with van der Waals surface area (Å²) in [5.41, 5.74) is 0.660. The molecule has 2 heterocycles. The molecule has 0 spiro atoms. The predicted octanol–water partition coefficient (Wildman–Crippen LogP) is 3.65. The van der Waals surface area contributed by atoms with Crippen molar-refractivity contribution < 1.29 is 14.7 Å². The van der Waals surface area contributed by atoms with E-state index in [2.05, 4.69) is 28.6 Å². The van der Waals surface area contributed by atoms with E-state index in [1.54, 1.807) is 23.5 Å². The molecule has 138 valence electrons. The van der Waals surface area contributed by atoms with Gasteiger partial charge in [0.05, 0.1) is 11.6 Å². The largest absolute Gasteiger partial charge is 0.478 e. The van der Waals surface area contributed by atoms with Crippen molar-refractivity contribution in [1.29, 1.82) is 0 Å². The Bertz CT molecular complexity index is 735. The Morgan fingerprint density at radius 2 is 1.85 bits per heavy atom. The van der Waals surface area contributed by atoms with Gasteiger partial charge in [-0.2, -0.15) is 0 Å². The SMILES string of the molecule is CC1CCN(C(CNC(=O)c2ccc(C(=O)O)cc2)c2cccs2)CC1. The van der Waals surface area contributed by atoms with Gasteiger partial charge in [0.2, 0.25) is 0 Å². The van der Waals surface area contributed by atoms with Crippen LogP contribution in [0.2, 0.25) is 0 Å². The van der Waals surface area contributed by atoms with E-state index >= 15 is 0 Å². The molecule has 2 N–H and O–H groups in total. The first-order valence-electron chi connectivity index (χ1n) is 8.93. The van der Waals surface area contributed by atoms with E-state index < -0.39 is 5.97 Å². The minimum Gasteiger partial charge on any atom is -0.478 e. The van der Waals surface area contributed by atoms with Gasteiger partial charge in [-0.15, -0.1) is 11.3 Å². The zero-order chi connectivity index (χ0) is 18.5. The van der Waals surface area contributed by atoms with Gasteiger partial charge >= 0.3 is 5.97 Å². The Kier molecular flexibility index (Phi) is 6.06. The van der Waals surface area contributed by atoms with Crippen molar-refractivity contribution in [3.63, 3.8) is 0 Å². The van der Waals surface area contributed by atoms with E-state index in [9.17, 15) is 9.59 Å². The average molecular weight is 372 g/mol. The van der Waals surface area contributed by atoms with Gasteiger partial charge in [-0.25, -0.2) is 4.79 Å². The average Bonchev–Trinajstić information content (AvgIpc) is 3.17. The number of carboxylic acids is 1. The maximum Gasteiger partial charge on any atom is 0.335 e. The molecule has 1 aliphatic heterocycles. The summed E-state index contributed by atoms with van der Waals surface area (Å²) in [5, 5.41) is 14.0. The molecule has 2 aromatic rings. The molecule has 1 fully saturated rings. The monoisotopic (exact) mass is 372 g/mol. The predicted molar refractivity (Wildman–Crippen MR) is 103 cm³/mol. The van der Waals surface area contributed by atoms with E-state index in [1.807, 2.05) is 6.07 Å². The minimum atomic E-state index is -0.992. The number of likely N-dealkylation sites (tertiary alicyclic amines) is 1.